The summed E-state index contributed by atoms with van der Waals surface area (Å²) < 4.78 is 13.1. The number of amides is 1. The number of carbonyl (C=O) groups is 1. The van der Waals surface area contributed by atoms with Crippen LogP contribution in [-0.4, -0.2) is 57.1 Å². The molecule has 1 spiro atoms. The molecule has 6 rings (SSSR count). The van der Waals surface area contributed by atoms with Crippen LogP contribution in [-0.2, 0) is 4.74 Å². The predicted octanol–water partition coefficient (Wildman–Crippen LogP) is 4.18. The second-order valence-corrected chi connectivity index (χ2v) is 11.2. The van der Waals surface area contributed by atoms with E-state index >= 15 is 0 Å². The van der Waals surface area contributed by atoms with Gasteiger partial charge in [0.15, 0.2) is 5.65 Å². The van der Waals surface area contributed by atoms with E-state index in [9.17, 15) is 9.59 Å². The molecule has 2 aliphatic heterocycles. The van der Waals surface area contributed by atoms with Crippen LogP contribution in [0.15, 0.2) is 45.9 Å². The Hall–Kier alpha value is -3.88. The Balaban J connectivity index is 1.19. The van der Waals surface area contributed by atoms with E-state index in [0.717, 1.165) is 41.2 Å². The quantitative estimate of drug-likeness (QED) is 0.392. The number of aromatic nitrogens is 3. The molecular formula is C27H29N5O4. The van der Waals surface area contributed by atoms with Crippen molar-refractivity contribution in [3.05, 3.63) is 58.5 Å². The summed E-state index contributed by atoms with van der Waals surface area (Å²) in [5.41, 5.74) is 4.17. The van der Waals surface area contributed by atoms with Gasteiger partial charge in [-0.1, -0.05) is 0 Å². The standard InChI is InChI=1S/C27H29N5O4/c1-16-10-30-11-21(29-23(30)17(2)28-16)20-8-18-6-7-19(9-22(18)35-24(20)33)31-12-27(13-31)14-32(15-27)25(34)36-26(3,4)5/h6-11H,12-15H2,1-5H3. The van der Waals surface area contributed by atoms with Crippen LogP contribution in [0.4, 0.5) is 10.5 Å². The van der Waals surface area contributed by atoms with Crippen molar-refractivity contribution in [2.75, 3.05) is 31.1 Å². The van der Waals surface area contributed by atoms with E-state index < -0.39 is 11.2 Å². The maximum absolute atomic E-state index is 12.9. The summed E-state index contributed by atoms with van der Waals surface area (Å²) in [6.45, 7) is 12.6. The fourth-order valence-corrected chi connectivity index (χ4v) is 5.27. The lowest BCUT2D eigenvalue weighted by atomic mass is 9.73. The van der Waals surface area contributed by atoms with Crippen LogP contribution in [0.25, 0.3) is 27.9 Å². The average molecular weight is 488 g/mol. The van der Waals surface area contributed by atoms with E-state index in [2.05, 4.69) is 14.9 Å². The molecular weight excluding hydrogens is 458 g/mol. The SMILES string of the molecule is Cc1cn2cc(-c3cc4ccc(N5CC6(CN(C(=O)OC(C)(C)C)C6)C5)cc4oc3=O)nc2c(C)n1. The van der Waals surface area contributed by atoms with Gasteiger partial charge in [0.2, 0.25) is 0 Å². The molecule has 0 bridgehead atoms. The molecule has 0 aliphatic carbocycles. The van der Waals surface area contributed by atoms with E-state index in [0.29, 0.717) is 29.9 Å². The van der Waals surface area contributed by atoms with Crippen molar-refractivity contribution in [1.82, 2.24) is 19.3 Å². The van der Waals surface area contributed by atoms with Crippen molar-refractivity contribution in [2.45, 2.75) is 40.2 Å². The Morgan fingerprint density at radius 2 is 1.81 bits per heavy atom. The normalized spacial score (nSPS) is 16.9. The van der Waals surface area contributed by atoms with Gasteiger partial charge < -0.3 is 23.4 Å². The molecule has 9 nitrogen and oxygen atoms in total. The number of ether oxygens (including phenoxy) is 1. The van der Waals surface area contributed by atoms with Crippen molar-refractivity contribution in [1.29, 1.82) is 0 Å². The third-order valence-electron chi connectivity index (χ3n) is 6.84. The van der Waals surface area contributed by atoms with Gasteiger partial charge in [0.05, 0.1) is 22.6 Å². The van der Waals surface area contributed by atoms with Gasteiger partial charge in [-0.3, -0.25) is 4.98 Å². The number of hydrogen-bond donors (Lipinski definition) is 0. The molecule has 9 heteroatoms. The highest BCUT2D eigenvalue weighted by atomic mass is 16.6. The van der Waals surface area contributed by atoms with Gasteiger partial charge in [-0.05, 0) is 52.8 Å². The van der Waals surface area contributed by atoms with Gasteiger partial charge in [-0.25, -0.2) is 14.6 Å². The van der Waals surface area contributed by atoms with E-state index in [-0.39, 0.29) is 11.5 Å². The van der Waals surface area contributed by atoms with Crippen molar-refractivity contribution >= 4 is 28.4 Å². The first-order valence-corrected chi connectivity index (χ1v) is 12.1. The summed E-state index contributed by atoms with van der Waals surface area (Å²) in [4.78, 5) is 38.2. The molecule has 36 heavy (non-hydrogen) atoms. The molecule has 186 valence electrons. The number of imidazole rings is 1. The van der Waals surface area contributed by atoms with Gasteiger partial charge in [-0.2, -0.15) is 0 Å². The maximum Gasteiger partial charge on any atom is 0.410 e. The summed E-state index contributed by atoms with van der Waals surface area (Å²) in [6, 6.07) is 7.77. The zero-order chi connectivity index (χ0) is 25.4. The van der Waals surface area contributed by atoms with Gasteiger partial charge in [0.1, 0.15) is 11.2 Å². The summed E-state index contributed by atoms with van der Waals surface area (Å²) in [6.07, 6.45) is 3.48. The van der Waals surface area contributed by atoms with E-state index in [4.69, 9.17) is 9.15 Å². The topological polar surface area (TPSA) is 93.2 Å². The van der Waals surface area contributed by atoms with Crippen LogP contribution in [0.1, 0.15) is 32.2 Å². The number of carbonyl (C=O) groups excluding carboxylic acids is 1. The van der Waals surface area contributed by atoms with Gasteiger partial charge in [0.25, 0.3) is 0 Å². The van der Waals surface area contributed by atoms with E-state index in [1.807, 2.05) is 75.7 Å². The molecule has 0 saturated carbocycles. The Bertz CT molecular complexity index is 1580. The first-order chi connectivity index (χ1) is 17.0. The highest BCUT2D eigenvalue weighted by Crippen LogP contribution is 2.42. The van der Waals surface area contributed by atoms with Crippen LogP contribution in [0, 0.1) is 19.3 Å². The van der Waals surface area contributed by atoms with Crippen LogP contribution < -0.4 is 10.5 Å². The molecule has 1 amide bonds. The lowest BCUT2D eigenvalue weighted by molar-refractivity contribution is -0.0452. The van der Waals surface area contributed by atoms with Crippen LogP contribution in [0.2, 0.25) is 0 Å². The van der Waals surface area contributed by atoms with E-state index in [1.54, 1.807) is 4.90 Å². The molecule has 2 fully saturated rings. The second kappa shape index (κ2) is 7.56. The molecule has 0 atom stereocenters. The molecule has 1 aromatic carbocycles. The number of aryl methyl sites for hydroxylation is 2. The zero-order valence-corrected chi connectivity index (χ0v) is 21.2. The van der Waals surface area contributed by atoms with Gasteiger partial charge in [-0.15, -0.1) is 0 Å². The monoisotopic (exact) mass is 487 g/mol. The van der Waals surface area contributed by atoms with Crippen LogP contribution in [0.5, 0.6) is 0 Å². The maximum atomic E-state index is 12.9. The Morgan fingerprint density at radius 3 is 2.53 bits per heavy atom. The van der Waals surface area contributed by atoms with Gasteiger partial charge in [0, 0.05) is 61.1 Å². The molecule has 5 heterocycles. The minimum absolute atomic E-state index is 0.116. The van der Waals surface area contributed by atoms with Gasteiger partial charge >= 0.3 is 11.7 Å². The summed E-state index contributed by atoms with van der Waals surface area (Å²) in [7, 11) is 0. The number of nitrogens with zero attached hydrogens (tertiary/aromatic N) is 5. The largest absolute Gasteiger partial charge is 0.444 e. The molecule has 2 aliphatic rings. The minimum atomic E-state index is -0.485. The molecule has 3 aromatic heterocycles. The third-order valence-corrected chi connectivity index (χ3v) is 6.84. The molecule has 0 unspecified atom stereocenters. The zero-order valence-electron chi connectivity index (χ0n) is 21.2. The fraction of sp³-hybridized carbons (Fsp3) is 0.407. The van der Waals surface area contributed by atoms with Crippen molar-refractivity contribution < 1.29 is 13.9 Å². The Kier molecular flexibility index (Phi) is 4.74. The highest BCUT2D eigenvalue weighted by molar-refractivity contribution is 5.84. The number of anilines is 1. The third kappa shape index (κ3) is 3.79. The summed E-state index contributed by atoms with van der Waals surface area (Å²) in [5, 5.41) is 0.839. The fourth-order valence-electron chi connectivity index (χ4n) is 5.27. The smallest absolute Gasteiger partial charge is 0.410 e. The Morgan fingerprint density at radius 1 is 1.06 bits per heavy atom. The second-order valence-electron chi connectivity index (χ2n) is 11.2. The first kappa shape index (κ1) is 22.6. The van der Waals surface area contributed by atoms with E-state index in [1.165, 1.54) is 0 Å². The number of fused-ring (bicyclic) bond motifs is 2. The van der Waals surface area contributed by atoms with Crippen LogP contribution in [0.3, 0.4) is 0 Å². The van der Waals surface area contributed by atoms with Crippen molar-refractivity contribution in [3.63, 3.8) is 0 Å². The summed E-state index contributed by atoms with van der Waals surface area (Å²) in [5.74, 6) is 0. The highest BCUT2D eigenvalue weighted by Gasteiger charge is 2.54. The van der Waals surface area contributed by atoms with Crippen LogP contribution >= 0.6 is 0 Å². The predicted molar refractivity (Wildman–Crippen MR) is 136 cm³/mol. The van der Waals surface area contributed by atoms with Crippen molar-refractivity contribution in [2.24, 2.45) is 5.41 Å². The molecule has 2 saturated heterocycles. The number of hydrogen-bond acceptors (Lipinski definition) is 7. The number of benzene rings is 1. The van der Waals surface area contributed by atoms with Crippen molar-refractivity contribution in [3.8, 4) is 11.3 Å². The Labute approximate surface area is 208 Å². The molecule has 4 aromatic rings. The lowest BCUT2D eigenvalue weighted by Crippen LogP contribution is -2.73. The summed E-state index contributed by atoms with van der Waals surface area (Å²) >= 11 is 0. The number of likely N-dealkylation sites (tertiary alicyclic amines) is 1. The first-order valence-electron chi connectivity index (χ1n) is 12.1. The molecule has 0 N–H and O–H groups in total. The minimum Gasteiger partial charge on any atom is -0.444 e. The number of rotatable bonds is 2. The lowest BCUT2D eigenvalue weighted by Gasteiger charge is -2.60. The molecule has 0 radical (unpaired) electrons. The average Bonchev–Trinajstić information content (AvgIpc) is 3.14.